The third kappa shape index (κ3) is 3.18. The summed E-state index contributed by atoms with van der Waals surface area (Å²) in [6.45, 7) is 6.37. The first-order valence-electron chi connectivity index (χ1n) is 8.41. The smallest absolute Gasteiger partial charge is 0.368 e. The Hall–Kier alpha value is -2.44. The highest BCUT2D eigenvalue weighted by atomic mass is 32.2. The second-order valence-electron chi connectivity index (χ2n) is 6.69. The first-order chi connectivity index (χ1) is 12.4. The van der Waals surface area contributed by atoms with Crippen LogP contribution in [0, 0.1) is 12.8 Å². The van der Waals surface area contributed by atoms with Gasteiger partial charge in [0.15, 0.2) is 5.75 Å². The number of aryl methyl sites for hydroxylation is 1. The van der Waals surface area contributed by atoms with Crippen LogP contribution in [0.5, 0.6) is 5.75 Å². The lowest BCUT2D eigenvalue weighted by molar-refractivity contribution is 0.0209. The van der Waals surface area contributed by atoms with Crippen LogP contribution in [0.4, 0.5) is 0 Å². The summed E-state index contributed by atoms with van der Waals surface area (Å²) in [6.07, 6.45) is 0.323. The summed E-state index contributed by atoms with van der Waals surface area (Å²) < 4.78 is 39.6. The molecule has 0 radical (unpaired) electrons. The van der Waals surface area contributed by atoms with Gasteiger partial charge in [-0.1, -0.05) is 48.6 Å². The van der Waals surface area contributed by atoms with Gasteiger partial charge >= 0.3 is 10.3 Å². The molecule has 0 aliphatic carbocycles. The Morgan fingerprint density at radius 2 is 1.92 bits per heavy atom. The number of hydrogen-bond acceptors (Lipinski definition) is 4. The van der Waals surface area contributed by atoms with Crippen molar-refractivity contribution in [1.82, 2.24) is 0 Å². The molecule has 0 saturated carbocycles. The third-order valence-corrected chi connectivity index (χ3v) is 5.45. The van der Waals surface area contributed by atoms with Crippen LogP contribution in [0.1, 0.15) is 29.2 Å². The van der Waals surface area contributed by atoms with E-state index >= 15 is 0 Å². The van der Waals surface area contributed by atoms with E-state index in [1.165, 1.54) is 0 Å². The van der Waals surface area contributed by atoms with Crippen molar-refractivity contribution < 1.29 is 17.3 Å². The molecule has 2 atom stereocenters. The Bertz CT molecular complexity index is 996. The van der Waals surface area contributed by atoms with Crippen molar-refractivity contribution >= 4 is 16.0 Å². The van der Waals surface area contributed by atoms with Crippen LogP contribution in [0.15, 0.2) is 65.1 Å². The molecule has 2 aromatic carbocycles. The summed E-state index contributed by atoms with van der Waals surface area (Å²) in [4.78, 5) is 0. The normalized spacial score (nSPS) is 24.3. The number of nitrogens with zero attached hydrogens (tertiary/aromatic N) is 1. The van der Waals surface area contributed by atoms with Gasteiger partial charge in [0.25, 0.3) is 0 Å². The molecule has 1 fully saturated rings. The molecule has 4 rings (SSSR count). The lowest BCUT2D eigenvalue weighted by Gasteiger charge is -2.35. The fraction of sp³-hybridized carbons (Fsp3) is 0.250. The Labute approximate surface area is 153 Å². The van der Waals surface area contributed by atoms with Crippen LogP contribution in [-0.2, 0) is 15.0 Å². The zero-order valence-corrected chi connectivity index (χ0v) is 15.2. The number of ether oxygens (including phenoxy) is 1. The standard InChI is InChI=1S/C20H19NO4S/c1-13-8-9-16-18(11-13)25-26(22,23)21-19(16)17-10-14(2)12-24-20(17)15-6-4-3-5-7-15/h3-9,11,17,20H,2,10,12H2,1H3/t17?,20-/m1/s1. The van der Waals surface area contributed by atoms with E-state index < -0.39 is 10.3 Å². The van der Waals surface area contributed by atoms with Crippen molar-refractivity contribution in [3.63, 3.8) is 0 Å². The lowest BCUT2D eigenvalue weighted by atomic mass is 9.81. The van der Waals surface area contributed by atoms with Crippen LogP contribution in [0.3, 0.4) is 0 Å². The summed E-state index contributed by atoms with van der Waals surface area (Å²) in [5, 5.41) is 0. The van der Waals surface area contributed by atoms with Gasteiger partial charge in [-0.3, -0.25) is 0 Å². The van der Waals surface area contributed by atoms with Gasteiger partial charge in [-0.05, 0) is 36.6 Å². The zero-order chi connectivity index (χ0) is 18.3. The highest BCUT2D eigenvalue weighted by Gasteiger charge is 2.38. The van der Waals surface area contributed by atoms with E-state index in [4.69, 9.17) is 8.92 Å². The topological polar surface area (TPSA) is 65.0 Å². The molecule has 2 heterocycles. The second kappa shape index (κ2) is 6.37. The summed E-state index contributed by atoms with van der Waals surface area (Å²) in [6, 6.07) is 15.3. The van der Waals surface area contributed by atoms with Crippen LogP contribution in [0.25, 0.3) is 0 Å². The predicted octanol–water partition coefficient (Wildman–Crippen LogP) is 3.76. The molecule has 1 unspecified atom stereocenters. The van der Waals surface area contributed by atoms with E-state index in [0.717, 1.165) is 16.7 Å². The maximum atomic E-state index is 12.2. The minimum absolute atomic E-state index is 0.251. The van der Waals surface area contributed by atoms with Gasteiger partial charge in [-0.15, -0.1) is 4.40 Å². The van der Waals surface area contributed by atoms with E-state index in [-0.39, 0.29) is 12.0 Å². The number of fused-ring (bicyclic) bond motifs is 1. The summed E-state index contributed by atoms with van der Waals surface area (Å²) in [5.41, 5.74) is 3.99. The van der Waals surface area contributed by atoms with Crippen LogP contribution >= 0.6 is 0 Å². The molecule has 1 saturated heterocycles. The first kappa shape index (κ1) is 17.0. The number of hydrogen-bond donors (Lipinski definition) is 0. The molecule has 0 bridgehead atoms. The number of rotatable bonds is 2. The molecule has 2 aliphatic heterocycles. The SMILES string of the molecule is C=C1CO[C@H](c2ccccc2)C(C2=NS(=O)(=O)Oc3cc(C)ccc32)C1. The van der Waals surface area contributed by atoms with Crippen LogP contribution in [-0.4, -0.2) is 20.7 Å². The fourth-order valence-electron chi connectivity index (χ4n) is 3.49. The second-order valence-corrected chi connectivity index (χ2v) is 7.89. The summed E-state index contributed by atoms with van der Waals surface area (Å²) >= 11 is 0. The lowest BCUT2D eigenvalue weighted by Crippen LogP contribution is -2.33. The maximum absolute atomic E-state index is 12.2. The molecule has 26 heavy (non-hydrogen) atoms. The van der Waals surface area contributed by atoms with Gasteiger partial charge in [-0.2, -0.15) is 8.42 Å². The highest BCUT2D eigenvalue weighted by Crippen LogP contribution is 2.41. The largest absolute Gasteiger partial charge is 0.428 e. The monoisotopic (exact) mass is 369 g/mol. The molecule has 0 N–H and O–H groups in total. The molecular weight excluding hydrogens is 350 g/mol. The minimum atomic E-state index is -4.03. The molecule has 134 valence electrons. The van der Waals surface area contributed by atoms with Gasteiger partial charge in [0.1, 0.15) is 0 Å². The molecule has 2 aromatic rings. The molecule has 0 amide bonds. The Morgan fingerprint density at radius 3 is 2.69 bits per heavy atom. The molecule has 5 nitrogen and oxygen atoms in total. The van der Waals surface area contributed by atoms with Gasteiger partial charge < -0.3 is 8.92 Å². The van der Waals surface area contributed by atoms with E-state index in [2.05, 4.69) is 11.0 Å². The summed E-state index contributed by atoms with van der Waals surface area (Å²) in [7, 11) is -4.03. The Kier molecular flexibility index (Phi) is 4.17. The average molecular weight is 369 g/mol. The van der Waals surface area contributed by atoms with Crippen molar-refractivity contribution in [3.05, 3.63) is 77.4 Å². The van der Waals surface area contributed by atoms with Crippen LogP contribution in [0.2, 0.25) is 0 Å². The highest BCUT2D eigenvalue weighted by molar-refractivity contribution is 7.86. The van der Waals surface area contributed by atoms with Crippen molar-refractivity contribution in [2.45, 2.75) is 19.4 Å². The van der Waals surface area contributed by atoms with Crippen molar-refractivity contribution in [2.75, 3.05) is 6.61 Å². The third-order valence-electron chi connectivity index (χ3n) is 4.64. The van der Waals surface area contributed by atoms with Crippen LogP contribution < -0.4 is 4.18 Å². The predicted molar refractivity (Wildman–Crippen MR) is 99.6 cm³/mol. The number of benzene rings is 2. The van der Waals surface area contributed by atoms with E-state index in [0.29, 0.717) is 30.1 Å². The first-order valence-corrected chi connectivity index (χ1v) is 9.78. The van der Waals surface area contributed by atoms with Gasteiger partial charge in [0, 0.05) is 11.5 Å². The molecule has 0 aromatic heterocycles. The summed E-state index contributed by atoms with van der Waals surface area (Å²) in [5.74, 6) is 0.0665. The molecule has 0 spiro atoms. The zero-order valence-electron chi connectivity index (χ0n) is 14.4. The molecule has 2 aliphatic rings. The van der Waals surface area contributed by atoms with Crippen molar-refractivity contribution in [3.8, 4) is 5.75 Å². The Morgan fingerprint density at radius 1 is 1.15 bits per heavy atom. The quantitative estimate of drug-likeness (QED) is 0.756. The van der Waals surface area contributed by atoms with E-state index in [1.807, 2.05) is 49.4 Å². The van der Waals surface area contributed by atoms with Gasteiger partial charge in [0.05, 0.1) is 18.4 Å². The maximum Gasteiger partial charge on any atom is 0.428 e. The molecule has 6 heteroatoms. The average Bonchev–Trinajstić information content (AvgIpc) is 2.60. The fourth-order valence-corrected chi connectivity index (χ4v) is 4.37. The molecular formula is C20H19NO4S. The van der Waals surface area contributed by atoms with Crippen molar-refractivity contribution in [2.24, 2.45) is 10.3 Å². The van der Waals surface area contributed by atoms with Gasteiger partial charge in [0.2, 0.25) is 0 Å². The van der Waals surface area contributed by atoms with Gasteiger partial charge in [-0.25, -0.2) is 0 Å². The van der Waals surface area contributed by atoms with E-state index in [1.54, 1.807) is 6.07 Å². The Balaban J connectivity index is 1.85. The van der Waals surface area contributed by atoms with Crippen molar-refractivity contribution in [1.29, 1.82) is 0 Å². The minimum Gasteiger partial charge on any atom is -0.368 e. The van der Waals surface area contributed by atoms with E-state index in [9.17, 15) is 8.42 Å².